The first kappa shape index (κ1) is 21.6. The van der Waals surface area contributed by atoms with Gasteiger partial charge in [0, 0.05) is 19.2 Å². The van der Waals surface area contributed by atoms with Gasteiger partial charge in [-0.15, -0.1) is 0 Å². The van der Waals surface area contributed by atoms with E-state index < -0.39 is 12.0 Å². The van der Waals surface area contributed by atoms with Gasteiger partial charge in [0.1, 0.15) is 6.04 Å². The van der Waals surface area contributed by atoms with Crippen LogP contribution in [-0.4, -0.2) is 46.5 Å². The van der Waals surface area contributed by atoms with Crippen LogP contribution in [0.5, 0.6) is 0 Å². The molecule has 0 saturated heterocycles. The lowest BCUT2D eigenvalue weighted by molar-refractivity contribution is -0.146. The maximum Gasteiger partial charge on any atom is 0.328 e. The lowest BCUT2D eigenvalue weighted by Crippen LogP contribution is -2.43. The van der Waals surface area contributed by atoms with Crippen LogP contribution in [0.1, 0.15) is 50.2 Å². The van der Waals surface area contributed by atoms with E-state index in [1.807, 2.05) is 51.1 Å². The number of ether oxygens (including phenoxy) is 2. The highest BCUT2D eigenvalue weighted by Gasteiger charge is 2.25. The molecule has 7 heteroatoms. The first-order chi connectivity index (χ1) is 13.2. The number of nitrogens with one attached hydrogen (secondary N) is 1. The quantitative estimate of drug-likeness (QED) is 0.704. The van der Waals surface area contributed by atoms with Crippen molar-refractivity contribution in [2.45, 2.75) is 52.7 Å². The normalized spacial score (nSPS) is 12.5. The van der Waals surface area contributed by atoms with Gasteiger partial charge in [-0.25, -0.2) is 9.48 Å². The smallest absolute Gasteiger partial charge is 0.328 e. The molecule has 0 fully saturated rings. The van der Waals surface area contributed by atoms with Gasteiger partial charge in [0.25, 0.3) is 5.91 Å². The summed E-state index contributed by atoms with van der Waals surface area (Å²) in [6, 6.07) is 8.74. The van der Waals surface area contributed by atoms with E-state index in [-0.39, 0.29) is 18.1 Å². The Morgan fingerprint density at radius 3 is 2.50 bits per heavy atom. The Kier molecular flexibility index (Phi) is 7.34. The van der Waals surface area contributed by atoms with E-state index >= 15 is 0 Å². The zero-order valence-corrected chi connectivity index (χ0v) is 17.2. The van der Waals surface area contributed by atoms with Gasteiger partial charge in [-0.05, 0) is 46.8 Å². The van der Waals surface area contributed by atoms with Crippen molar-refractivity contribution in [3.8, 4) is 5.69 Å². The van der Waals surface area contributed by atoms with Crippen molar-refractivity contribution in [3.05, 3.63) is 47.8 Å². The van der Waals surface area contributed by atoms with Gasteiger partial charge in [-0.1, -0.05) is 18.2 Å². The fourth-order valence-electron chi connectivity index (χ4n) is 2.61. The molecule has 1 amide bonds. The van der Waals surface area contributed by atoms with E-state index in [0.29, 0.717) is 24.3 Å². The molecule has 0 radical (unpaired) electrons. The zero-order chi connectivity index (χ0) is 20.7. The molecule has 1 aromatic heterocycles. The number of aryl methyl sites for hydroxylation is 1. The van der Waals surface area contributed by atoms with Crippen LogP contribution >= 0.6 is 0 Å². The molecule has 0 aliphatic heterocycles. The minimum atomic E-state index is -0.783. The number of aromatic nitrogens is 2. The average Bonchev–Trinajstić information content (AvgIpc) is 3.02. The number of amides is 1. The number of para-hydroxylation sites is 1. The minimum Gasteiger partial charge on any atom is -0.464 e. The summed E-state index contributed by atoms with van der Waals surface area (Å²) in [7, 11) is 0. The lowest BCUT2D eigenvalue weighted by atomic mass is 10.1. The van der Waals surface area contributed by atoms with Crippen molar-refractivity contribution in [2.24, 2.45) is 0 Å². The Hall–Kier alpha value is -2.67. The molecule has 1 aromatic carbocycles. The van der Waals surface area contributed by atoms with Gasteiger partial charge in [0.15, 0.2) is 0 Å². The summed E-state index contributed by atoms with van der Waals surface area (Å²) < 4.78 is 12.4. The SMILES string of the molecule is CCOC(=O)C(CCOC(C)(C)C)NC(=O)c1cn(-c2ccccc2)nc1C. The fraction of sp³-hybridized carbons (Fsp3) is 0.476. The Morgan fingerprint density at radius 2 is 1.89 bits per heavy atom. The van der Waals surface area contributed by atoms with Crippen molar-refractivity contribution in [2.75, 3.05) is 13.2 Å². The van der Waals surface area contributed by atoms with Crippen LogP contribution in [0.4, 0.5) is 0 Å². The van der Waals surface area contributed by atoms with Gasteiger partial charge in [0.05, 0.1) is 29.2 Å². The number of carbonyl (C=O) groups is 2. The van der Waals surface area contributed by atoms with Gasteiger partial charge in [-0.3, -0.25) is 4.79 Å². The number of nitrogens with zero attached hydrogens (tertiary/aromatic N) is 2. The molecule has 0 aliphatic rings. The van der Waals surface area contributed by atoms with E-state index in [2.05, 4.69) is 10.4 Å². The Bertz CT molecular complexity index is 794. The molecule has 1 N–H and O–H groups in total. The van der Waals surface area contributed by atoms with Crippen LogP contribution in [0, 0.1) is 6.92 Å². The first-order valence-corrected chi connectivity index (χ1v) is 9.44. The molecule has 2 rings (SSSR count). The third-order valence-corrected chi connectivity index (χ3v) is 3.98. The third kappa shape index (κ3) is 6.20. The molecule has 0 saturated carbocycles. The highest BCUT2D eigenvalue weighted by atomic mass is 16.5. The molecule has 7 nitrogen and oxygen atoms in total. The summed E-state index contributed by atoms with van der Waals surface area (Å²) in [5.41, 5.74) is 1.52. The summed E-state index contributed by atoms with van der Waals surface area (Å²) in [5, 5.41) is 7.16. The summed E-state index contributed by atoms with van der Waals surface area (Å²) in [4.78, 5) is 25.0. The molecule has 1 unspecified atom stereocenters. The summed E-state index contributed by atoms with van der Waals surface area (Å²) in [6.45, 7) is 9.88. The topological polar surface area (TPSA) is 82.5 Å². The van der Waals surface area contributed by atoms with Crippen molar-refractivity contribution in [3.63, 3.8) is 0 Å². The lowest BCUT2D eigenvalue weighted by Gasteiger charge is -2.22. The highest BCUT2D eigenvalue weighted by Crippen LogP contribution is 2.13. The van der Waals surface area contributed by atoms with Crippen LogP contribution in [0.15, 0.2) is 36.5 Å². The molecular weight excluding hydrogens is 358 g/mol. The van der Waals surface area contributed by atoms with Crippen LogP contribution in [0.25, 0.3) is 5.69 Å². The van der Waals surface area contributed by atoms with E-state index in [4.69, 9.17) is 9.47 Å². The maximum absolute atomic E-state index is 12.8. The number of esters is 1. The molecule has 2 aromatic rings. The summed E-state index contributed by atoms with van der Waals surface area (Å²) in [5.74, 6) is -0.838. The van der Waals surface area contributed by atoms with Crippen LogP contribution in [0.3, 0.4) is 0 Å². The van der Waals surface area contributed by atoms with Gasteiger partial charge >= 0.3 is 5.97 Å². The largest absolute Gasteiger partial charge is 0.464 e. The average molecular weight is 387 g/mol. The van der Waals surface area contributed by atoms with E-state index in [9.17, 15) is 9.59 Å². The van der Waals surface area contributed by atoms with E-state index in [1.165, 1.54) is 0 Å². The molecular formula is C21H29N3O4. The second-order valence-corrected chi connectivity index (χ2v) is 7.44. The summed E-state index contributed by atoms with van der Waals surface area (Å²) in [6.07, 6.45) is 1.99. The predicted molar refractivity (Wildman–Crippen MR) is 107 cm³/mol. The van der Waals surface area contributed by atoms with Gasteiger partial charge in [-0.2, -0.15) is 5.10 Å². The molecule has 1 heterocycles. The van der Waals surface area contributed by atoms with Crippen molar-refractivity contribution in [1.29, 1.82) is 0 Å². The second kappa shape index (κ2) is 9.50. The molecule has 0 aliphatic carbocycles. The van der Waals surface area contributed by atoms with Crippen molar-refractivity contribution < 1.29 is 19.1 Å². The van der Waals surface area contributed by atoms with Crippen LogP contribution in [-0.2, 0) is 14.3 Å². The number of hydrogen-bond acceptors (Lipinski definition) is 5. The van der Waals surface area contributed by atoms with Gasteiger partial charge in [0.2, 0.25) is 0 Å². The van der Waals surface area contributed by atoms with E-state index in [1.54, 1.807) is 24.7 Å². The maximum atomic E-state index is 12.8. The molecule has 0 bridgehead atoms. The van der Waals surface area contributed by atoms with Crippen molar-refractivity contribution in [1.82, 2.24) is 15.1 Å². The Balaban J connectivity index is 2.11. The summed E-state index contributed by atoms with van der Waals surface area (Å²) >= 11 is 0. The standard InChI is InChI=1S/C21H29N3O4/c1-6-27-20(26)18(12-13-28-21(3,4)5)22-19(25)17-14-24(23-15(17)2)16-10-8-7-9-11-16/h7-11,14,18H,6,12-13H2,1-5H3,(H,22,25). The first-order valence-electron chi connectivity index (χ1n) is 9.44. The zero-order valence-electron chi connectivity index (χ0n) is 17.2. The number of benzene rings is 1. The Morgan fingerprint density at radius 1 is 1.21 bits per heavy atom. The molecule has 1 atom stereocenters. The third-order valence-electron chi connectivity index (χ3n) is 3.98. The number of hydrogen-bond donors (Lipinski definition) is 1. The number of carbonyl (C=O) groups excluding carboxylic acids is 2. The van der Waals surface area contributed by atoms with Gasteiger partial charge < -0.3 is 14.8 Å². The predicted octanol–water partition coefficient (Wildman–Crippen LogP) is 3.05. The van der Waals surface area contributed by atoms with Crippen molar-refractivity contribution >= 4 is 11.9 Å². The Labute approximate surface area is 166 Å². The van der Waals surface area contributed by atoms with Crippen LogP contribution in [0.2, 0.25) is 0 Å². The minimum absolute atomic E-state index is 0.246. The van der Waals surface area contributed by atoms with Crippen LogP contribution < -0.4 is 5.32 Å². The fourth-order valence-corrected chi connectivity index (χ4v) is 2.61. The number of rotatable bonds is 8. The molecule has 28 heavy (non-hydrogen) atoms. The molecule has 0 spiro atoms. The monoisotopic (exact) mass is 387 g/mol. The van der Waals surface area contributed by atoms with E-state index in [0.717, 1.165) is 5.69 Å². The molecule has 152 valence electrons. The second-order valence-electron chi connectivity index (χ2n) is 7.44. The highest BCUT2D eigenvalue weighted by molar-refractivity contribution is 5.97.